The third-order valence-electron chi connectivity index (χ3n) is 4.16. The number of hydrogen-bond acceptors (Lipinski definition) is 4. The van der Waals surface area contributed by atoms with Gasteiger partial charge in [-0.2, -0.15) is 0 Å². The second-order valence-corrected chi connectivity index (χ2v) is 5.80. The highest BCUT2D eigenvalue weighted by Gasteiger charge is 2.40. The molecule has 0 spiro atoms. The Labute approximate surface area is 124 Å². The van der Waals surface area contributed by atoms with Crippen LogP contribution < -0.4 is 5.32 Å². The molecule has 2 saturated heterocycles. The Morgan fingerprint density at radius 3 is 2.85 bits per heavy atom. The van der Waals surface area contributed by atoms with Crippen molar-refractivity contribution in [1.29, 1.82) is 0 Å². The molecule has 2 aliphatic rings. The van der Waals surface area contributed by atoms with Gasteiger partial charge in [-0.15, -0.1) is 0 Å². The summed E-state index contributed by atoms with van der Waals surface area (Å²) in [7, 11) is 0. The van der Waals surface area contributed by atoms with Crippen molar-refractivity contribution in [1.82, 2.24) is 10.2 Å². The maximum Gasteiger partial charge on any atom is 0.167 e. The van der Waals surface area contributed by atoms with Crippen LogP contribution in [0, 0.1) is 0 Å². The molecule has 1 unspecified atom stereocenters. The fourth-order valence-electron chi connectivity index (χ4n) is 3.20. The highest BCUT2D eigenvalue weighted by atomic mass is 35.5. The molecular formula is C15H19ClN2O2. The lowest BCUT2D eigenvalue weighted by molar-refractivity contribution is -0.123. The molecule has 0 radical (unpaired) electrons. The molecule has 0 saturated carbocycles. The molecule has 0 bridgehead atoms. The summed E-state index contributed by atoms with van der Waals surface area (Å²) < 4.78 is 5.67. The average Bonchev–Trinajstić information content (AvgIpc) is 2.92. The maximum absolute atomic E-state index is 11.3. The molecule has 0 aromatic heterocycles. The van der Waals surface area contributed by atoms with Crippen LogP contribution >= 0.6 is 11.6 Å². The molecule has 20 heavy (non-hydrogen) atoms. The Hall–Kier alpha value is -0.940. The molecule has 2 fully saturated rings. The molecule has 1 aromatic carbocycles. The quantitative estimate of drug-likeness (QED) is 0.866. The van der Waals surface area contributed by atoms with Crippen LogP contribution in [0.1, 0.15) is 24.4 Å². The van der Waals surface area contributed by atoms with E-state index >= 15 is 0 Å². The van der Waals surface area contributed by atoms with Gasteiger partial charge in [-0.3, -0.25) is 9.69 Å². The summed E-state index contributed by atoms with van der Waals surface area (Å²) in [6.07, 6.45) is 2.57. The SMILES string of the molecule is O=CC1OC[C@@H](c2cccc(Cl)c2)N1C1CCNCC1. The summed E-state index contributed by atoms with van der Waals surface area (Å²) in [5.74, 6) is 0. The molecule has 2 aliphatic heterocycles. The number of carbonyl (C=O) groups excluding carboxylic acids is 1. The van der Waals surface area contributed by atoms with Gasteiger partial charge in [-0.05, 0) is 43.6 Å². The van der Waals surface area contributed by atoms with E-state index in [1.165, 1.54) is 0 Å². The number of nitrogens with zero attached hydrogens (tertiary/aromatic N) is 1. The van der Waals surface area contributed by atoms with Crippen LogP contribution in [-0.2, 0) is 9.53 Å². The van der Waals surface area contributed by atoms with Gasteiger partial charge in [0.2, 0.25) is 0 Å². The van der Waals surface area contributed by atoms with E-state index in [0.29, 0.717) is 12.6 Å². The molecule has 1 N–H and O–H groups in total. The molecule has 0 amide bonds. The largest absolute Gasteiger partial charge is 0.354 e. The highest BCUT2D eigenvalue weighted by molar-refractivity contribution is 6.30. The van der Waals surface area contributed by atoms with E-state index in [1.807, 2.05) is 18.2 Å². The second kappa shape index (κ2) is 6.22. The van der Waals surface area contributed by atoms with Crippen LogP contribution in [-0.4, -0.2) is 43.2 Å². The summed E-state index contributed by atoms with van der Waals surface area (Å²) in [6.45, 7) is 2.54. The number of benzene rings is 1. The van der Waals surface area contributed by atoms with Gasteiger partial charge in [0.15, 0.2) is 12.5 Å². The van der Waals surface area contributed by atoms with Gasteiger partial charge in [0.1, 0.15) is 0 Å². The number of carbonyl (C=O) groups is 1. The van der Waals surface area contributed by atoms with Crippen LogP contribution in [0.2, 0.25) is 5.02 Å². The molecular weight excluding hydrogens is 276 g/mol. The maximum atomic E-state index is 11.3. The normalized spacial score (nSPS) is 28.6. The van der Waals surface area contributed by atoms with E-state index in [2.05, 4.69) is 16.3 Å². The van der Waals surface area contributed by atoms with Crippen molar-refractivity contribution in [2.45, 2.75) is 31.2 Å². The Morgan fingerprint density at radius 2 is 2.15 bits per heavy atom. The van der Waals surface area contributed by atoms with E-state index in [1.54, 1.807) is 0 Å². The van der Waals surface area contributed by atoms with Crippen molar-refractivity contribution in [3.63, 3.8) is 0 Å². The van der Waals surface area contributed by atoms with E-state index in [9.17, 15) is 4.79 Å². The molecule has 3 rings (SSSR count). The minimum absolute atomic E-state index is 0.118. The predicted molar refractivity (Wildman–Crippen MR) is 77.7 cm³/mol. The number of piperidine rings is 1. The first-order valence-electron chi connectivity index (χ1n) is 7.10. The van der Waals surface area contributed by atoms with Crippen molar-refractivity contribution < 1.29 is 9.53 Å². The minimum atomic E-state index is -0.429. The number of nitrogens with one attached hydrogen (secondary N) is 1. The lowest BCUT2D eigenvalue weighted by Gasteiger charge is -2.36. The number of aldehydes is 1. The van der Waals surface area contributed by atoms with Gasteiger partial charge in [-0.1, -0.05) is 23.7 Å². The monoisotopic (exact) mass is 294 g/mol. The van der Waals surface area contributed by atoms with Crippen LogP contribution in [0.15, 0.2) is 24.3 Å². The molecule has 108 valence electrons. The highest BCUT2D eigenvalue weighted by Crippen LogP contribution is 2.34. The van der Waals surface area contributed by atoms with Crippen molar-refractivity contribution in [2.24, 2.45) is 0 Å². The van der Waals surface area contributed by atoms with Crippen molar-refractivity contribution in [3.8, 4) is 0 Å². The Kier molecular flexibility index (Phi) is 4.36. The lowest BCUT2D eigenvalue weighted by Crippen LogP contribution is -2.47. The Balaban J connectivity index is 1.86. The van der Waals surface area contributed by atoms with E-state index in [-0.39, 0.29) is 6.04 Å². The topological polar surface area (TPSA) is 41.6 Å². The summed E-state index contributed by atoms with van der Waals surface area (Å²) in [5, 5.41) is 4.08. The molecule has 1 aromatic rings. The molecule has 4 nitrogen and oxygen atoms in total. The van der Waals surface area contributed by atoms with Crippen LogP contribution in [0.5, 0.6) is 0 Å². The zero-order valence-electron chi connectivity index (χ0n) is 11.3. The van der Waals surface area contributed by atoms with Crippen LogP contribution in [0.25, 0.3) is 0 Å². The van der Waals surface area contributed by atoms with Gasteiger partial charge in [0.05, 0.1) is 12.6 Å². The first-order chi connectivity index (χ1) is 9.79. The Morgan fingerprint density at radius 1 is 1.35 bits per heavy atom. The molecule has 5 heteroatoms. The summed E-state index contributed by atoms with van der Waals surface area (Å²) in [6, 6.07) is 8.35. The number of ether oxygens (including phenoxy) is 1. The van der Waals surface area contributed by atoms with E-state index < -0.39 is 6.23 Å². The van der Waals surface area contributed by atoms with E-state index in [0.717, 1.165) is 42.8 Å². The van der Waals surface area contributed by atoms with Crippen LogP contribution in [0.3, 0.4) is 0 Å². The van der Waals surface area contributed by atoms with Crippen molar-refractivity contribution in [2.75, 3.05) is 19.7 Å². The van der Waals surface area contributed by atoms with E-state index in [4.69, 9.17) is 16.3 Å². The summed E-state index contributed by atoms with van der Waals surface area (Å²) >= 11 is 6.09. The summed E-state index contributed by atoms with van der Waals surface area (Å²) in [4.78, 5) is 13.5. The first kappa shape index (κ1) is 14.0. The first-order valence-corrected chi connectivity index (χ1v) is 7.48. The number of halogens is 1. The van der Waals surface area contributed by atoms with Gasteiger partial charge < -0.3 is 10.1 Å². The zero-order chi connectivity index (χ0) is 13.9. The Bertz CT molecular complexity index is 477. The number of hydrogen-bond donors (Lipinski definition) is 1. The van der Waals surface area contributed by atoms with Gasteiger partial charge >= 0.3 is 0 Å². The second-order valence-electron chi connectivity index (χ2n) is 5.36. The minimum Gasteiger partial charge on any atom is -0.354 e. The fourth-order valence-corrected chi connectivity index (χ4v) is 3.40. The smallest absolute Gasteiger partial charge is 0.167 e. The van der Waals surface area contributed by atoms with Gasteiger partial charge in [-0.25, -0.2) is 0 Å². The fraction of sp³-hybridized carbons (Fsp3) is 0.533. The third-order valence-corrected chi connectivity index (χ3v) is 4.39. The van der Waals surface area contributed by atoms with Crippen molar-refractivity contribution in [3.05, 3.63) is 34.9 Å². The van der Waals surface area contributed by atoms with Gasteiger partial charge in [0, 0.05) is 11.1 Å². The molecule has 2 heterocycles. The number of rotatable bonds is 3. The molecule has 0 aliphatic carbocycles. The van der Waals surface area contributed by atoms with Crippen molar-refractivity contribution >= 4 is 17.9 Å². The van der Waals surface area contributed by atoms with Gasteiger partial charge in [0.25, 0.3) is 0 Å². The zero-order valence-corrected chi connectivity index (χ0v) is 12.1. The predicted octanol–water partition coefficient (Wildman–Crippen LogP) is 1.99. The average molecular weight is 295 g/mol. The molecule has 2 atom stereocenters. The third kappa shape index (κ3) is 2.74. The standard InChI is InChI=1S/C15H19ClN2O2/c16-12-3-1-2-11(8-12)14-10-20-15(9-19)18(14)13-4-6-17-7-5-13/h1-3,8-9,13-15,17H,4-7,10H2/t14-,15?/m0/s1. The van der Waals surface area contributed by atoms with Crippen LogP contribution in [0.4, 0.5) is 0 Å². The summed E-state index contributed by atoms with van der Waals surface area (Å²) in [5.41, 5.74) is 1.13. The lowest BCUT2D eigenvalue weighted by atomic mass is 9.99.